The van der Waals surface area contributed by atoms with Crippen LogP contribution in [0.3, 0.4) is 0 Å². The van der Waals surface area contributed by atoms with Crippen LogP contribution >= 0.6 is 0 Å². The molecule has 1 aromatic rings. The Labute approximate surface area is 84.5 Å². The van der Waals surface area contributed by atoms with Gasteiger partial charge in [-0.3, -0.25) is 0 Å². The highest BCUT2D eigenvalue weighted by Crippen LogP contribution is 2.27. The van der Waals surface area contributed by atoms with Crippen molar-refractivity contribution in [2.75, 3.05) is 6.61 Å². The first-order valence-electron chi connectivity index (χ1n) is 5.02. The van der Waals surface area contributed by atoms with Gasteiger partial charge in [0.15, 0.2) is 0 Å². The molecule has 0 bridgehead atoms. The first-order chi connectivity index (χ1) is 6.54. The second-order valence-electron chi connectivity index (χ2n) is 4.53. The Kier molecular flexibility index (Phi) is 2.23. The minimum absolute atomic E-state index is 0.631. The molecule has 0 atom stereocenters. The lowest BCUT2D eigenvalue weighted by atomic mass is 9.97. The van der Waals surface area contributed by atoms with Crippen LogP contribution < -0.4 is 4.74 Å². The monoisotopic (exact) mass is 192 g/mol. The quantitative estimate of drug-likeness (QED) is 0.776. The number of aliphatic hydroxyl groups is 1. The van der Waals surface area contributed by atoms with Crippen molar-refractivity contribution < 1.29 is 9.84 Å². The summed E-state index contributed by atoms with van der Waals surface area (Å²) in [4.78, 5) is 0. The molecule has 1 aliphatic rings. The van der Waals surface area contributed by atoms with Crippen LogP contribution in [0.15, 0.2) is 18.2 Å². The van der Waals surface area contributed by atoms with Gasteiger partial charge in [0.1, 0.15) is 5.75 Å². The van der Waals surface area contributed by atoms with Crippen molar-refractivity contribution in [3.63, 3.8) is 0 Å². The molecule has 1 aromatic carbocycles. The molecular weight excluding hydrogens is 176 g/mol. The fraction of sp³-hybridized carbons (Fsp3) is 0.500. The maximum atomic E-state index is 9.69. The van der Waals surface area contributed by atoms with Crippen molar-refractivity contribution in [1.82, 2.24) is 0 Å². The Morgan fingerprint density at radius 2 is 2.21 bits per heavy atom. The first kappa shape index (κ1) is 9.53. The summed E-state index contributed by atoms with van der Waals surface area (Å²) in [6.07, 6.45) is 1.69. The predicted octanol–water partition coefficient (Wildman–Crippen LogP) is 1.93. The van der Waals surface area contributed by atoms with Crippen LogP contribution in [0.25, 0.3) is 0 Å². The van der Waals surface area contributed by atoms with E-state index in [-0.39, 0.29) is 0 Å². The lowest BCUT2D eigenvalue weighted by molar-refractivity contribution is 0.0810. The van der Waals surface area contributed by atoms with E-state index >= 15 is 0 Å². The minimum atomic E-state index is -0.631. The third kappa shape index (κ3) is 2.07. The van der Waals surface area contributed by atoms with E-state index in [2.05, 4.69) is 6.07 Å². The van der Waals surface area contributed by atoms with E-state index in [1.807, 2.05) is 26.0 Å². The van der Waals surface area contributed by atoms with Gasteiger partial charge >= 0.3 is 0 Å². The van der Waals surface area contributed by atoms with E-state index < -0.39 is 5.60 Å². The number of benzene rings is 1. The highest BCUT2D eigenvalue weighted by Gasteiger charge is 2.16. The summed E-state index contributed by atoms with van der Waals surface area (Å²) in [7, 11) is 0. The molecule has 2 nitrogen and oxygen atoms in total. The zero-order chi connectivity index (χ0) is 10.2. The molecule has 2 heteroatoms. The number of hydrogen-bond donors (Lipinski definition) is 1. The first-order valence-corrected chi connectivity index (χ1v) is 5.02. The van der Waals surface area contributed by atoms with Crippen LogP contribution in [-0.4, -0.2) is 17.3 Å². The lowest BCUT2D eigenvalue weighted by Gasteiger charge is -2.17. The second-order valence-corrected chi connectivity index (χ2v) is 4.53. The third-order valence-corrected chi connectivity index (χ3v) is 2.39. The van der Waals surface area contributed by atoms with Crippen LogP contribution in [-0.2, 0) is 12.8 Å². The summed E-state index contributed by atoms with van der Waals surface area (Å²) in [5.41, 5.74) is 1.82. The van der Waals surface area contributed by atoms with Crippen molar-refractivity contribution >= 4 is 0 Å². The summed E-state index contributed by atoms with van der Waals surface area (Å²) < 4.78 is 5.42. The molecule has 0 fully saturated rings. The van der Waals surface area contributed by atoms with Gasteiger partial charge < -0.3 is 9.84 Å². The number of rotatable bonds is 2. The van der Waals surface area contributed by atoms with Gasteiger partial charge in [-0.15, -0.1) is 0 Å². The van der Waals surface area contributed by atoms with E-state index in [1.54, 1.807) is 0 Å². The lowest BCUT2D eigenvalue weighted by Crippen LogP contribution is -2.21. The molecule has 2 rings (SSSR count). The van der Waals surface area contributed by atoms with E-state index in [4.69, 9.17) is 4.74 Å². The molecule has 0 aliphatic carbocycles. The Bertz CT molecular complexity index is 337. The molecule has 1 heterocycles. The van der Waals surface area contributed by atoms with Crippen molar-refractivity contribution in [1.29, 1.82) is 0 Å². The molecule has 1 aliphatic heterocycles. The molecule has 76 valence electrons. The maximum absolute atomic E-state index is 9.69. The van der Waals surface area contributed by atoms with Gasteiger partial charge in [-0.05, 0) is 31.0 Å². The van der Waals surface area contributed by atoms with E-state index in [0.29, 0.717) is 6.42 Å². The van der Waals surface area contributed by atoms with Gasteiger partial charge in [0.25, 0.3) is 0 Å². The summed E-state index contributed by atoms with van der Waals surface area (Å²) in [6.45, 7) is 4.45. The van der Waals surface area contributed by atoms with Crippen LogP contribution in [0.2, 0.25) is 0 Å². The molecule has 14 heavy (non-hydrogen) atoms. The summed E-state index contributed by atoms with van der Waals surface area (Å²) in [5, 5.41) is 9.69. The molecular formula is C12H16O2. The Morgan fingerprint density at radius 1 is 1.43 bits per heavy atom. The third-order valence-electron chi connectivity index (χ3n) is 2.39. The normalized spacial score (nSPS) is 15.1. The zero-order valence-electron chi connectivity index (χ0n) is 8.71. The van der Waals surface area contributed by atoms with Crippen molar-refractivity contribution in [2.24, 2.45) is 0 Å². The molecule has 1 N–H and O–H groups in total. The number of fused-ring (bicyclic) bond motifs is 1. The average Bonchev–Trinajstić information content (AvgIpc) is 2.47. The van der Waals surface area contributed by atoms with Gasteiger partial charge in [0.05, 0.1) is 12.2 Å². The number of hydrogen-bond acceptors (Lipinski definition) is 2. The van der Waals surface area contributed by atoms with Crippen molar-refractivity contribution in [2.45, 2.75) is 32.3 Å². The minimum Gasteiger partial charge on any atom is -0.493 e. The Balaban J connectivity index is 2.21. The molecule has 0 amide bonds. The standard InChI is InChI=1S/C12H16O2/c1-12(2,13)8-9-3-4-11-10(7-9)5-6-14-11/h3-4,7,13H,5-6,8H2,1-2H3. The highest BCUT2D eigenvalue weighted by molar-refractivity contribution is 5.40. The summed E-state index contributed by atoms with van der Waals surface area (Å²) >= 11 is 0. The van der Waals surface area contributed by atoms with Gasteiger partial charge in [0, 0.05) is 12.8 Å². The SMILES string of the molecule is CC(C)(O)Cc1ccc2c(c1)CCO2. The largest absolute Gasteiger partial charge is 0.493 e. The molecule has 0 saturated heterocycles. The van der Waals surface area contributed by atoms with Crippen LogP contribution in [0.4, 0.5) is 0 Å². The van der Waals surface area contributed by atoms with Gasteiger partial charge in [-0.25, -0.2) is 0 Å². The predicted molar refractivity (Wildman–Crippen MR) is 55.6 cm³/mol. The smallest absolute Gasteiger partial charge is 0.122 e. The highest BCUT2D eigenvalue weighted by atomic mass is 16.5. The van der Waals surface area contributed by atoms with Crippen molar-refractivity contribution in [3.05, 3.63) is 29.3 Å². The molecule has 0 spiro atoms. The van der Waals surface area contributed by atoms with Gasteiger partial charge in [-0.1, -0.05) is 12.1 Å². The molecule has 0 saturated carbocycles. The molecule has 0 radical (unpaired) electrons. The maximum Gasteiger partial charge on any atom is 0.122 e. The van der Waals surface area contributed by atoms with Crippen LogP contribution in [0.5, 0.6) is 5.75 Å². The van der Waals surface area contributed by atoms with Crippen molar-refractivity contribution in [3.8, 4) is 5.75 Å². The molecule has 0 unspecified atom stereocenters. The van der Waals surface area contributed by atoms with Crippen LogP contribution in [0, 0.1) is 0 Å². The fourth-order valence-corrected chi connectivity index (χ4v) is 1.85. The van der Waals surface area contributed by atoms with E-state index in [9.17, 15) is 5.11 Å². The van der Waals surface area contributed by atoms with Crippen LogP contribution in [0.1, 0.15) is 25.0 Å². The Hall–Kier alpha value is -1.02. The molecule has 0 aromatic heterocycles. The van der Waals surface area contributed by atoms with E-state index in [1.165, 1.54) is 11.1 Å². The summed E-state index contributed by atoms with van der Waals surface area (Å²) in [5.74, 6) is 1.00. The van der Waals surface area contributed by atoms with Gasteiger partial charge in [-0.2, -0.15) is 0 Å². The average molecular weight is 192 g/mol. The van der Waals surface area contributed by atoms with Gasteiger partial charge in [0.2, 0.25) is 0 Å². The Morgan fingerprint density at radius 3 is 2.93 bits per heavy atom. The number of ether oxygens (including phenoxy) is 1. The van der Waals surface area contributed by atoms with E-state index in [0.717, 1.165) is 18.8 Å². The zero-order valence-corrected chi connectivity index (χ0v) is 8.71. The summed E-state index contributed by atoms with van der Waals surface area (Å²) in [6, 6.07) is 6.17. The topological polar surface area (TPSA) is 29.5 Å². The second kappa shape index (κ2) is 3.28. The fourth-order valence-electron chi connectivity index (χ4n) is 1.85.